The molecular weight excluding hydrogens is 1480 g/mol. The Bertz CT molecular complexity index is 1840. The van der Waals surface area contributed by atoms with E-state index in [0.29, 0.717) is 60.9 Å². The van der Waals surface area contributed by atoms with Gasteiger partial charge in [0.1, 0.15) is 70.5 Å². The van der Waals surface area contributed by atoms with Gasteiger partial charge in [-0.05, 0) is 20.2 Å². The maximum Gasteiger partial charge on any atom is 0.329 e. The first kappa shape index (κ1) is 94.8. The second kappa shape index (κ2) is 76.4. The topological polar surface area (TPSA) is 426 Å². The molecule has 0 rings (SSSR count). The molecule has 0 aromatic rings. The van der Waals surface area contributed by atoms with E-state index >= 15 is 0 Å². The van der Waals surface area contributed by atoms with Gasteiger partial charge in [0.2, 0.25) is 0 Å². The average Bonchev–Trinajstić information content (AvgIpc) is 3.36. The molecule has 0 aliphatic heterocycles. The zero-order valence-electron chi connectivity index (χ0n) is 52.9. The van der Waals surface area contributed by atoms with Gasteiger partial charge in [-0.25, -0.2) is 19.2 Å². The highest BCUT2D eigenvalue weighted by atomic mass is 32.2. The minimum atomic E-state index is -1.09. The second-order valence-electron chi connectivity index (χ2n) is 17.1. The van der Waals surface area contributed by atoms with Gasteiger partial charge in [-0.15, -0.1) is 17.3 Å². The highest BCUT2D eigenvalue weighted by molar-refractivity contribution is 8.03. The molecule has 0 amide bonds. The number of carbonyl (C=O) groups is 4. The molecule has 0 bridgehead atoms. The number of rotatable bonds is 84. The van der Waals surface area contributed by atoms with E-state index < -0.39 is 73.0 Å². The number of hydrogen-bond acceptors (Lipinski definition) is 42. The van der Waals surface area contributed by atoms with Crippen molar-refractivity contribution in [1.29, 1.82) is 0 Å². The van der Waals surface area contributed by atoms with Gasteiger partial charge in [0.25, 0.3) is 0 Å². The first-order chi connectivity index (χ1) is 47.4. The van der Waals surface area contributed by atoms with E-state index in [2.05, 4.69) is 86.2 Å². The summed E-state index contributed by atoms with van der Waals surface area (Å²) in [7, 11) is 0. The molecule has 0 saturated carbocycles. The summed E-state index contributed by atoms with van der Waals surface area (Å²) in [6.45, 7) is 14.2. The van der Waals surface area contributed by atoms with Crippen LogP contribution in [0.4, 0.5) is 0 Å². The lowest BCUT2D eigenvalue weighted by Crippen LogP contribution is -2.33. The van der Waals surface area contributed by atoms with Crippen molar-refractivity contribution < 1.29 is 183 Å². The summed E-state index contributed by atoms with van der Waals surface area (Å²) in [5, 5.41) is 69.3. The lowest BCUT2D eigenvalue weighted by atomic mass is 10.4. The Kier molecular flexibility index (Phi) is 74.7. The van der Waals surface area contributed by atoms with Gasteiger partial charge in [-0.1, -0.05) is 26.3 Å². The lowest BCUT2D eigenvalue weighted by molar-refractivity contribution is -0.589. The third kappa shape index (κ3) is 73.4. The van der Waals surface area contributed by atoms with Crippen molar-refractivity contribution in [3.63, 3.8) is 0 Å². The van der Waals surface area contributed by atoms with Crippen molar-refractivity contribution in [2.24, 2.45) is 0 Å². The molecule has 568 valence electrons. The number of hydrogen-bond donors (Lipinski definition) is 4. The second-order valence-corrected chi connectivity index (χ2v) is 25.6. The van der Waals surface area contributed by atoms with Crippen LogP contribution >= 0.6 is 95.2 Å². The standard InChI is InChI=1S/C51H88O38S8/c1-5-74-78-82-86-94-39-46(96-88-84-80-76-7-3)30-69-26-43(73-32-47(97-89-85-81-77-8-4)40-95-87-83-79-75-6-2)28-71-41-70-27-42(72-31-45(93-24-20-63-12-16-67-36-51(58)59)38-91-22-18-61-10-14-65-34-49(54)55)25-68-29-44(92-23-19-62-11-15-66-35-50(56)57)37-90-21-17-60-9-13-64-33-48(52)53/h5-8,42-47H,1-4,9-41H2,(H,52,53)(H,54,55)(H,56,57)(H,58,59). The van der Waals surface area contributed by atoms with Gasteiger partial charge in [0, 0.05) is 125 Å². The number of thioether (sulfide) groups is 4. The zero-order chi connectivity index (χ0) is 70.8. The van der Waals surface area contributed by atoms with Gasteiger partial charge in [-0.2, -0.15) is 47.0 Å². The molecule has 4 N–H and O–H groups in total. The monoisotopic (exact) mass is 1560 g/mol. The highest BCUT2D eigenvalue weighted by Gasteiger charge is 2.23. The SMILES string of the molecule is C=COOOOSCC(COCC(COCOCC(COCC(CSCCOCCOCC(=O)O)SCCOCCOCC(=O)O)OCC(CSCCOCCOCC(=O)O)SCCOCCOCC(=O)O)OCC(CSOOOOC=C)SOOOOC=C)SOOOOC=C. The largest absolute Gasteiger partial charge is 0.480 e. The van der Waals surface area contributed by atoms with Crippen LogP contribution < -0.4 is 0 Å². The highest BCUT2D eigenvalue weighted by Crippen LogP contribution is 2.24. The Hall–Kier alpha value is -2.20. The van der Waals surface area contributed by atoms with Crippen LogP contribution in [-0.4, -0.2) is 289 Å². The fourth-order valence-corrected chi connectivity index (χ4v) is 12.2. The van der Waals surface area contributed by atoms with Gasteiger partial charge in [-0.3, -0.25) is 0 Å². The van der Waals surface area contributed by atoms with E-state index in [1.807, 2.05) is 0 Å². The minimum absolute atomic E-state index is 0.0209. The van der Waals surface area contributed by atoms with Crippen molar-refractivity contribution in [1.82, 2.24) is 0 Å². The molecule has 0 heterocycles. The molecule has 6 atom stereocenters. The van der Waals surface area contributed by atoms with E-state index in [1.54, 1.807) is 47.0 Å². The van der Waals surface area contributed by atoms with Crippen LogP contribution in [0.25, 0.3) is 0 Å². The molecule has 0 saturated heterocycles. The molecule has 0 radical (unpaired) electrons. The smallest absolute Gasteiger partial charge is 0.329 e. The van der Waals surface area contributed by atoms with Crippen molar-refractivity contribution in [2.75, 3.05) is 211 Å². The Labute approximate surface area is 594 Å². The molecule has 0 aromatic carbocycles. The van der Waals surface area contributed by atoms with Crippen LogP contribution in [-0.2, 0) is 163 Å². The maximum atomic E-state index is 10.9. The van der Waals surface area contributed by atoms with Crippen LogP contribution in [0.1, 0.15) is 0 Å². The third-order valence-electron chi connectivity index (χ3n) is 9.54. The predicted octanol–water partition coefficient (Wildman–Crippen LogP) is 5.07. The molecule has 97 heavy (non-hydrogen) atoms. The normalized spacial score (nSPS) is 13.3. The molecule has 0 aromatic heterocycles. The summed E-state index contributed by atoms with van der Waals surface area (Å²) >= 11 is 9.49. The van der Waals surface area contributed by atoms with Crippen molar-refractivity contribution in [3.8, 4) is 0 Å². The quantitative estimate of drug-likeness (QED) is 0.0154. The first-order valence-corrected chi connectivity index (χ1v) is 36.3. The first-order valence-electron chi connectivity index (χ1n) is 28.5. The number of aliphatic carboxylic acids is 4. The molecular formula is C51H88O38S8. The average molecular weight is 1570 g/mol. The van der Waals surface area contributed by atoms with E-state index in [0.717, 1.165) is 73.2 Å². The molecule has 0 fully saturated rings. The van der Waals surface area contributed by atoms with Gasteiger partial charge < -0.3 is 106 Å². The molecule has 46 heteroatoms. The van der Waals surface area contributed by atoms with E-state index in [1.165, 1.54) is 0 Å². The molecule has 6 unspecified atom stereocenters. The van der Waals surface area contributed by atoms with Crippen molar-refractivity contribution >= 4 is 119 Å². The minimum Gasteiger partial charge on any atom is -0.480 e. The fraction of sp³-hybridized carbons (Fsp3) is 0.765. The van der Waals surface area contributed by atoms with Crippen LogP contribution in [0, 0.1) is 0 Å². The molecule has 0 aliphatic carbocycles. The Morgan fingerprint density at radius 3 is 1.00 bits per heavy atom. The summed E-state index contributed by atoms with van der Waals surface area (Å²) < 4.78 is 100. The Balaban J connectivity index is 6.57. The zero-order valence-corrected chi connectivity index (χ0v) is 59.4. The van der Waals surface area contributed by atoms with Crippen LogP contribution in [0.15, 0.2) is 51.4 Å². The van der Waals surface area contributed by atoms with E-state index in [-0.39, 0.29) is 135 Å². The van der Waals surface area contributed by atoms with Crippen LogP contribution in [0.3, 0.4) is 0 Å². The summed E-state index contributed by atoms with van der Waals surface area (Å²) in [5.41, 5.74) is 0. The van der Waals surface area contributed by atoms with E-state index in [4.69, 9.17) is 104 Å². The van der Waals surface area contributed by atoms with Crippen molar-refractivity contribution in [3.05, 3.63) is 51.4 Å². The summed E-state index contributed by atoms with van der Waals surface area (Å²) in [4.78, 5) is 61.0. The summed E-state index contributed by atoms with van der Waals surface area (Å²) in [6.07, 6.45) is 2.32. The van der Waals surface area contributed by atoms with Crippen molar-refractivity contribution in [2.45, 2.75) is 33.2 Å². The van der Waals surface area contributed by atoms with Gasteiger partial charge >= 0.3 is 23.9 Å². The van der Waals surface area contributed by atoms with Gasteiger partial charge in [0.15, 0.2) is 0 Å². The molecule has 38 nitrogen and oxygen atoms in total. The van der Waals surface area contributed by atoms with Crippen LogP contribution in [0.2, 0.25) is 0 Å². The number of carboxylic acid groups (broad SMARTS) is 4. The predicted molar refractivity (Wildman–Crippen MR) is 348 cm³/mol. The molecule has 0 spiro atoms. The summed E-state index contributed by atoms with van der Waals surface area (Å²) in [5.74, 6) is -0.490. The fourth-order valence-electron chi connectivity index (χ4n) is 5.69. The van der Waals surface area contributed by atoms with Crippen LogP contribution in [0.5, 0.6) is 0 Å². The van der Waals surface area contributed by atoms with Gasteiger partial charge in [0.05, 0.1) is 143 Å². The lowest BCUT2D eigenvalue weighted by Gasteiger charge is -2.24. The Morgan fingerprint density at radius 2 is 0.629 bits per heavy atom. The Morgan fingerprint density at radius 1 is 0.320 bits per heavy atom. The van der Waals surface area contributed by atoms with E-state index in [9.17, 15) is 19.2 Å². The molecule has 0 aliphatic rings. The summed E-state index contributed by atoms with van der Waals surface area (Å²) in [6, 6.07) is 0. The maximum absolute atomic E-state index is 10.9. The third-order valence-corrected chi connectivity index (χ3v) is 17.7. The number of carboxylic acids is 4. The number of ether oxygens (including phenoxy) is 14.